The number of unbranched alkanes of at least 4 members (excludes halogenated alkanes) is 3. The average Bonchev–Trinajstić information content (AvgIpc) is 2.57. The van der Waals surface area contributed by atoms with E-state index in [2.05, 4.69) is 10.9 Å². The van der Waals surface area contributed by atoms with E-state index in [1.54, 1.807) is 33.0 Å². The summed E-state index contributed by atoms with van der Waals surface area (Å²) in [5.74, 6) is -1.98. The van der Waals surface area contributed by atoms with Crippen molar-refractivity contribution in [2.45, 2.75) is 78.1 Å². The van der Waals surface area contributed by atoms with Crippen LogP contribution >= 0.6 is 7.21 Å². The van der Waals surface area contributed by atoms with Crippen molar-refractivity contribution < 1.29 is 27.8 Å². The summed E-state index contributed by atoms with van der Waals surface area (Å²) in [5.41, 5.74) is 5.76. The van der Waals surface area contributed by atoms with Crippen LogP contribution in [0, 0.1) is 11.3 Å². The molecule has 0 unspecified atom stereocenters. The summed E-state index contributed by atoms with van der Waals surface area (Å²) >= 11 is 0. The van der Waals surface area contributed by atoms with Crippen LogP contribution < -0.4 is 26.0 Å². The van der Waals surface area contributed by atoms with E-state index in [0.29, 0.717) is 25.7 Å². The minimum absolute atomic E-state index is 0.124. The van der Waals surface area contributed by atoms with Gasteiger partial charge >= 0.3 is 170 Å². The molecule has 1 amide bonds. The molecule has 12 heteroatoms. The fraction of sp³-hybridized carbons (Fsp3) is 0.882. The van der Waals surface area contributed by atoms with Crippen LogP contribution in [-0.2, 0) is 4.79 Å². The van der Waals surface area contributed by atoms with Crippen LogP contribution in [0.25, 0.3) is 0 Å². The maximum absolute atomic E-state index is 13.5. The molecule has 0 aliphatic heterocycles. The molecule has 0 aliphatic carbocycles. The van der Waals surface area contributed by atoms with Crippen molar-refractivity contribution in [3.8, 4) is 6.07 Å². The number of hydrogen-bond donors (Lipinski definition) is 3. The van der Waals surface area contributed by atoms with Crippen molar-refractivity contribution in [2.24, 2.45) is 0 Å². The Morgan fingerprint density at radius 1 is 1.03 bits per heavy atom. The summed E-state index contributed by atoms with van der Waals surface area (Å²) in [6.45, 7) is 7.06. The zero-order valence-corrected chi connectivity index (χ0v) is 18.4. The van der Waals surface area contributed by atoms with Crippen molar-refractivity contribution in [3.05, 3.63) is 0 Å². The first kappa shape index (κ1) is 28.0. The summed E-state index contributed by atoms with van der Waals surface area (Å²) in [7, 11) is -4.96. The van der Waals surface area contributed by atoms with Gasteiger partial charge in [0.1, 0.15) is 0 Å². The van der Waals surface area contributed by atoms with Gasteiger partial charge < -0.3 is 0 Å². The van der Waals surface area contributed by atoms with Gasteiger partial charge in [-0.05, 0) is 0 Å². The first-order chi connectivity index (χ1) is 13.2. The Labute approximate surface area is 170 Å². The summed E-state index contributed by atoms with van der Waals surface area (Å²) in [6.07, 6.45) is -4.01. The van der Waals surface area contributed by atoms with E-state index in [4.69, 9.17) is 5.26 Å². The zero-order chi connectivity index (χ0) is 22.7. The summed E-state index contributed by atoms with van der Waals surface area (Å²) in [4.78, 5) is 38.9. The van der Waals surface area contributed by atoms with E-state index in [9.17, 15) is 27.8 Å². The number of hydrazine groups is 2. The fourth-order valence-corrected chi connectivity index (χ4v) is 5.56. The van der Waals surface area contributed by atoms with E-state index in [1.807, 2.05) is 6.07 Å². The number of nitriles is 1. The molecule has 29 heavy (non-hydrogen) atoms. The normalized spacial score (nSPS) is 14.1. The zero-order valence-electron chi connectivity index (χ0n) is 17.5. The number of nitrogens with zero attached hydrogens (tertiary/aromatic N) is 2. The van der Waals surface area contributed by atoms with Gasteiger partial charge in [0.25, 0.3) is 0 Å². The summed E-state index contributed by atoms with van der Waals surface area (Å²) < 4.78 is 36.3. The van der Waals surface area contributed by atoms with Crippen LogP contribution in [0.4, 0.5) is 13.2 Å². The predicted octanol–water partition coefficient (Wildman–Crippen LogP) is 1.29. The second-order valence-corrected chi connectivity index (χ2v) is 11.5. The number of hydrogen-bond acceptors (Lipinski definition) is 7. The first-order valence-electron chi connectivity index (χ1n) is 9.73. The average molecular weight is 443 g/mol. The molecule has 0 radical (unpaired) electrons. The van der Waals surface area contributed by atoms with Gasteiger partial charge in [0, 0.05) is 0 Å². The summed E-state index contributed by atoms with van der Waals surface area (Å²) in [5, 5.41) is 10.7. The van der Waals surface area contributed by atoms with E-state index in [1.165, 1.54) is 0 Å². The van der Waals surface area contributed by atoms with Gasteiger partial charge in [-0.15, -0.1) is 0 Å². The van der Waals surface area contributed by atoms with Crippen LogP contribution in [0.3, 0.4) is 0 Å². The molecule has 0 bridgehead atoms. The van der Waals surface area contributed by atoms with Crippen molar-refractivity contribution in [1.82, 2.24) is 21.1 Å². The Morgan fingerprint density at radius 3 is 2.00 bits per heavy atom. The molecule has 0 aromatic heterocycles. The van der Waals surface area contributed by atoms with E-state index < -0.39 is 19.3 Å². The second kappa shape index (κ2) is 12.0. The van der Waals surface area contributed by atoms with Crippen molar-refractivity contribution in [3.63, 3.8) is 0 Å². The number of nitrogens with one attached hydrogen (secondary N) is 3. The molecule has 0 fully saturated rings. The molecule has 0 aliphatic rings. The van der Waals surface area contributed by atoms with E-state index in [-0.39, 0.29) is 37.4 Å². The maximum atomic E-state index is 13.5. The topological polar surface area (TPSA) is 126 Å². The first-order valence-corrected chi connectivity index (χ1v) is 12.1. The van der Waals surface area contributed by atoms with Crippen LogP contribution in [0.2, 0.25) is 0 Å². The van der Waals surface area contributed by atoms with Crippen molar-refractivity contribution >= 4 is 13.1 Å². The van der Waals surface area contributed by atoms with Gasteiger partial charge in [-0.2, -0.15) is 0 Å². The van der Waals surface area contributed by atoms with Gasteiger partial charge in [-0.3, -0.25) is 0 Å². The molecule has 0 heterocycles. The molecule has 0 aromatic carbocycles. The molecule has 172 valence electrons. The number of amides is 1. The minimum atomic E-state index is -4.96. The van der Waals surface area contributed by atoms with Crippen LogP contribution in [0.1, 0.15) is 59.8 Å². The van der Waals surface area contributed by atoms with E-state index in [0.717, 1.165) is 4.89 Å². The molecule has 0 rings (SSSR count). The molecule has 0 spiro atoms. The predicted molar refractivity (Wildman–Crippen MR) is 103 cm³/mol. The molecular weight excluding hydrogens is 410 g/mol. The van der Waals surface area contributed by atoms with Crippen molar-refractivity contribution in [1.29, 1.82) is 5.26 Å². The third-order valence-electron chi connectivity index (χ3n) is 3.94. The number of halogens is 3. The molecule has 8 nitrogen and oxygen atoms in total. The van der Waals surface area contributed by atoms with Gasteiger partial charge in [-0.1, -0.05) is 0 Å². The number of carbonyl (C=O) groups is 1. The standard InChI is InChI=1S/C17H33F3N5O3P/c1-14(2)23-25(24-15(3)4)29(27,28,13-9-10-21)12-8-6-5-7-11-22-16(26)17(18,19)20/h14-15,23-24H,5-9,11-13H2,1-4H3,(H,22,26)/q-2. The quantitative estimate of drug-likeness (QED) is 0.210. The van der Waals surface area contributed by atoms with Gasteiger partial charge in [0.2, 0.25) is 0 Å². The molecule has 0 atom stereocenters. The van der Waals surface area contributed by atoms with Gasteiger partial charge in [0.05, 0.1) is 0 Å². The number of alkyl halides is 3. The van der Waals surface area contributed by atoms with E-state index >= 15 is 0 Å². The molecule has 0 aromatic rings. The molecule has 0 saturated heterocycles. The Bertz CT molecular complexity index is 543. The number of rotatable bonds is 14. The fourth-order valence-electron chi connectivity index (χ4n) is 2.57. The second-order valence-electron chi connectivity index (χ2n) is 7.66. The molecule has 3 N–H and O–H groups in total. The third-order valence-corrected chi connectivity index (χ3v) is 7.37. The SMILES string of the molecule is CC(C)NN(NC(C)C)P([O-])([O-])(CCC#N)CCCCCCNC(=O)C(F)(F)F. The monoisotopic (exact) mass is 443 g/mol. The van der Waals surface area contributed by atoms with Crippen molar-refractivity contribution in [2.75, 3.05) is 18.9 Å². The number of carbonyl (C=O) groups excluding carboxylic acids is 1. The Kier molecular flexibility index (Phi) is 11.6. The van der Waals surface area contributed by atoms with Crippen LogP contribution in [-0.4, -0.2) is 47.9 Å². The molecule has 0 saturated carbocycles. The molecular formula is C17H33F3N5O3P-2. The van der Waals surface area contributed by atoms with Crippen LogP contribution in [0.5, 0.6) is 0 Å². The third kappa shape index (κ3) is 11.1. The van der Waals surface area contributed by atoms with Gasteiger partial charge in [-0.25, -0.2) is 0 Å². The summed E-state index contributed by atoms with van der Waals surface area (Å²) in [6, 6.07) is 1.55. The van der Waals surface area contributed by atoms with Gasteiger partial charge in [0.15, 0.2) is 0 Å². The Hall–Kier alpha value is -1.02. The van der Waals surface area contributed by atoms with Crippen LogP contribution in [0.15, 0.2) is 0 Å². The Morgan fingerprint density at radius 2 is 1.55 bits per heavy atom. The Balaban J connectivity index is 4.79.